The van der Waals surface area contributed by atoms with Crippen molar-refractivity contribution in [2.45, 2.75) is 4.90 Å². The molecule has 3 rings (SSSR count). The number of carbonyl (C=O) groups is 1. The van der Waals surface area contributed by atoms with E-state index < -0.39 is 26.6 Å². The Hall–Kier alpha value is -2.78. The summed E-state index contributed by atoms with van der Waals surface area (Å²) < 4.78 is 39.1. The zero-order chi connectivity index (χ0) is 18.2. The Bertz CT molecular complexity index is 1030. The summed E-state index contributed by atoms with van der Waals surface area (Å²) in [6.45, 7) is 0. The molecule has 0 radical (unpaired) electrons. The van der Waals surface area contributed by atoms with E-state index in [1.807, 2.05) is 12.1 Å². The first-order valence-electron chi connectivity index (χ1n) is 7.27. The Balaban J connectivity index is 1.92. The van der Waals surface area contributed by atoms with Gasteiger partial charge in [0.05, 0.1) is 11.0 Å². The number of nitrogens with one attached hydrogen (secondary N) is 2. The normalized spacial score (nSPS) is 11.8. The summed E-state index contributed by atoms with van der Waals surface area (Å²) >= 11 is 0. The Kier molecular flexibility index (Phi) is 4.27. The van der Waals surface area contributed by atoms with Gasteiger partial charge in [-0.15, -0.1) is 0 Å². The lowest BCUT2D eigenvalue weighted by Crippen LogP contribution is -2.24. The number of carbonyl (C=O) groups excluding carboxylic acids is 1. The predicted molar refractivity (Wildman–Crippen MR) is 91.3 cm³/mol. The molecule has 2 N–H and O–H groups in total. The molecule has 7 nitrogen and oxygen atoms in total. The third kappa shape index (κ3) is 3.24. The summed E-state index contributed by atoms with van der Waals surface area (Å²) in [4.78, 5) is 18.9. The van der Waals surface area contributed by atoms with Crippen LogP contribution in [0.25, 0.3) is 11.0 Å². The van der Waals surface area contributed by atoms with Crippen LogP contribution in [0.4, 0.5) is 10.3 Å². The summed E-state index contributed by atoms with van der Waals surface area (Å²) in [5.74, 6) is -1.31. The van der Waals surface area contributed by atoms with Crippen LogP contribution in [0, 0.1) is 5.82 Å². The number of imidazole rings is 1. The van der Waals surface area contributed by atoms with Crippen LogP contribution in [-0.2, 0) is 10.0 Å². The molecule has 0 aliphatic heterocycles. The number of aromatic amines is 1. The fourth-order valence-corrected chi connectivity index (χ4v) is 3.21. The Labute approximate surface area is 143 Å². The van der Waals surface area contributed by atoms with Crippen LogP contribution in [0.15, 0.2) is 47.4 Å². The number of rotatable bonds is 4. The summed E-state index contributed by atoms with van der Waals surface area (Å²) in [7, 11) is -1.43. The molecule has 0 bridgehead atoms. The minimum Gasteiger partial charge on any atom is -0.324 e. The van der Waals surface area contributed by atoms with Crippen molar-refractivity contribution in [1.82, 2.24) is 14.3 Å². The maximum Gasteiger partial charge on any atom is 0.258 e. The number of aromatic nitrogens is 2. The van der Waals surface area contributed by atoms with Gasteiger partial charge in [-0.25, -0.2) is 22.1 Å². The van der Waals surface area contributed by atoms with Crippen LogP contribution < -0.4 is 5.32 Å². The van der Waals surface area contributed by atoms with E-state index in [1.165, 1.54) is 20.2 Å². The Morgan fingerprint density at radius 1 is 1.20 bits per heavy atom. The highest BCUT2D eigenvalue weighted by Gasteiger charge is 2.23. The average Bonchev–Trinajstić information content (AvgIpc) is 2.96. The van der Waals surface area contributed by atoms with Crippen LogP contribution >= 0.6 is 0 Å². The number of benzene rings is 2. The second-order valence-corrected chi connectivity index (χ2v) is 7.61. The van der Waals surface area contributed by atoms with Gasteiger partial charge in [0.15, 0.2) is 0 Å². The zero-order valence-corrected chi connectivity index (χ0v) is 14.3. The van der Waals surface area contributed by atoms with Crippen LogP contribution in [0.2, 0.25) is 0 Å². The van der Waals surface area contributed by atoms with E-state index in [0.717, 1.165) is 22.0 Å². The van der Waals surface area contributed by atoms with Crippen molar-refractivity contribution in [3.63, 3.8) is 0 Å². The molecule has 9 heteroatoms. The Morgan fingerprint density at radius 2 is 1.92 bits per heavy atom. The van der Waals surface area contributed by atoms with Crippen molar-refractivity contribution in [3.8, 4) is 0 Å². The maximum absolute atomic E-state index is 13.9. The van der Waals surface area contributed by atoms with Gasteiger partial charge in [-0.1, -0.05) is 12.1 Å². The lowest BCUT2D eigenvalue weighted by Gasteiger charge is -2.13. The van der Waals surface area contributed by atoms with Crippen LogP contribution in [-0.4, -0.2) is 42.7 Å². The van der Waals surface area contributed by atoms with E-state index in [-0.39, 0.29) is 11.5 Å². The van der Waals surface area contributed by atoms with Gasteiger partial charge in [0, 0.05) is 19.7 Å². The van der Waals surface area contributed by atoms with Crippen LogP contribution in [0.3, 0.4) is 0 Å². The van der Waals surface area contributed by atoms with E-state index in [1.54, 1.807) is 12.1 Å². The highest BCUT2D eigenvalue weighted by Crippen LogP contribution is 2.20. The van der Waals surface area contributed by atoms with Crippen LogP contribution in [0.5, 0.6) is 0 Å². The smallest absolute Gasteiger partial charge is 0.258 e. The standard InChI is InChI=1S/C16H15FN4O3S/c1-21(2)25(23,24)14-9-10(7-8-11(14)17)15(22)20-16-18-12-5-3-4-6-13(12)19-16/h3-9H,1-2H3,(H2,18,19,20,22). The first kappa shape index (κ1) is 17.1. The highest BCUT2D eigenvalue weighted by molar-refractivity contribution is 7.89. The van der Waals surface area contributed by atoms with Crippen LogP contribution in [0.1, 0.15) is 10.4 Å². The molecule has 0 saturated carbocycles. The first-order chi connectivity index (χ1) is 11.8. The van der Waals surface area contributed by atoms with Gasteiger partial charge >= 0.3 is 0 Å². The largest absolute Gasteiger partial charge is 0.324 e. The molecule has 0 aliphatic carbocycles. The molecule has 130 valence electrons. The number of hydrogen-bond acceptors (Lipinski definition) is 4. The molecule has 25 heavy (non-hydrogen) atoms. The predicted octanol–water partition coefficient (Wildman–Crippen LogP) is 2.20. The molecule has 0 spiro atoms. The van der Waals surface area contributed by atoms with E-state index in [4.69, 9.17) is 0 Å². The lowest BCUT2D eigenvalue weighted by molar-refractivity contribution is 0.102. The molecule has 2 aromatic carbocycles. The molecule has 1 aromatic heterocycles. The number of H-pyrrole nitrogens is 1. The Morgan fingerprint density at radius 3 is 2.60 bits per heavy atom. The summed E-state index contributed by atoms with van der Waals surface area (Å²) in [5.41, 5.74) is 1.42. The number of nitrogens with zero attached hydrogens (tertiary/aromatic N) is 2. The summed E-state index contributed by atoms with van der Waals surface area (Å²) in [6, 6.07) is 10.4. The molecular formula is C16H15FN4O3S. The number of halogens is 1. The average molecular weight is 362 g/mol. The van der Waals surface area contributed by atoms with E-state index >= 15 is 0 Å². The quantitative estimate of drug-likeness (QED) is 0.744. The van der Waals surface area contributed by atoms with E-state index in [0.29, 0.717) is 5.52 Å². The third-order valence-corrected chi connectivity index (χ3v) is 5.40. The summed E-state index contributed by atoms with van der Waals surface area (Å²) in [6.07, 6.45) is 0. The first-order valence-corrected chi connectivity index (χ1v) is 8.71. The maximum atomic E-state index is 13.9. The molecular weight excluding hydrogens is 347 g/mol. The number of anilines is 1. The molecule has 1 heterocycles. The molecule has 1 amide bonds. The third-order valence-electron chi connectivity index (χ3n) is 3.57. The van der Waals surface area contributed by atoms with Gasteiger partial charge in [-0.2, -0.15) is 0 Å². The fraction of sp³-hybridized carbons (Fsp3) is 0.125. The zero-order valence-electron chi connectivity index (χ0n) is 13.4. The molecule has 0 unspecified atom stereocenters. The number of para-hydroxylation sites is 2. The van der Waals surface area contributed by atoms with Crippen molar-refractivity contribution in [2.24, 2.45) is 0 Å². The van der Waals surface area contributed by atoms with Gasteiger partial charge in [0.2, 0.25) is 16.0 Å². The number of amides is 1. The second-order valence-electron chi connectivity index (χ2n) is 5.49. The van der Waals surface area contributed by atoms with Crippen molar-refractivity contribution >= 4 is 32.9 Å². The minimum absolute atomic E-state index is 0.00211. The topological polar surface area (TPSA) is 95.2 Å². The highest BCUT2D eigenvalue weighted by atomic mass is 32.2. The van der Waals surface area contributed by atoms with Gasteiger partial charge in [0.1, 0.15) is 10.7 Å². The van der Waals surface area contributed by atoms with Crippen molar-refractivity contribution < 1.29 is 17.6 Å². The van der Waals surface area contributed by atoms with Crippen molar-refractivity contribution in [1.29, 1.82) is 0 Å². The summed E-state index contributed by atoms with van der Waals surface area (Å²) in [5, 5.41) is 2.54. The molecule has 0 saturated heterocycles. The molecule has 0 fully saturated rings. The minimum atomic E-state index is -4.00. The number of hydrogen-bond donors (Lipinski definition) is 2. The van der Waals surface area contributed by atoms with Gasteiger partial charge in [-0.3, -0.25) is 10.1 Å². The van der Waals surface area contributed by atoms with Crippen molar-refractivity contribution in [2.75, 3.05) is 19.4 Å². The van der Waals surface area contributed by atoms with Gasteiger partial charge < -0.3 is 4.98 Å². The number of sulfonamides is 1. The van der Waals surface area contributed by atoms with E-state index in [2.05, 4.69) is 15.3 Å². The number of fused-ring (bicyclic) bond motifs is 1. The van der Waals surface area contributed by atoms with Crippen molar-refractivity contribution in [3.05, 3.63) is 53.8 Å². The SMILES string of the molecule is CN(C)S(=O)(=O)c1cc(C(=O)Nc2nc3ccccc3[nH]2)ccc1F. The fourth-order valence-electron chi connectivity index (χ4n) is 2.23. The second kappa shape index (κ2) is 6.26. The lowest BCUT2D eigenvalue weighted by atomic mass is 10.2. The molecule has 3 aromatic rings. The monoisotopic (exact) mass is 362 g/mol. The van der Waals surface area contributed by atoms with E-state index in [9.17, 15) is 17.6 Å². The molecule has 0 aliphatic rings. The van der Waals surface area contributed by atoms with Gasteiger partial charge in [0.25, 0.3) is 5.91 Å². The van der Waals surface area contributed by atoms with Gasteiger partial charge in [-0.05, 0) is 30.3 Å². The molecule has 0 atom stereocenters.